The first-order chi connectivity index (χ1) is 15.7. The van der Waals surface area contributed by atoms with E-state index in [1.54, 1.807) is 0 Å². The molecule has 0 radical (unpaired) electrons. The van der Waals surface area contributed by atoms with Gasteiger partial charge < -0.3 is 4.90 Å². The van der Waals surface area contributed by atoms with Crippen LogP contribution in [0.1, 0.15) is 38.2 Å². The Labute approximate surface area is 193 Å². The van der Waals surface area contributed by atoms with Gasteiger partial charge >= 0.3 is 0 Å². The van der Waals surface area contributed by atoms with Gasteiger partial charge in [-0.25, -0.2) is 0 Å². The summed E-state index contributed by atoms with van der Waals surface area (Å²) in [4.78, 5) is 15.3. The summed E-state index contributed by atoms with van der Waals surface area (Å²) in [6.45, 7) is 2.66. The molecule has 0 fully saturated rings. The van der Waals surface area contributed by atoms with Crippen LogP contribution in [0.2, 0.25) is 0 Å². The number of aryl methyl sites for hydroxylation is 1. The van der Waals surface area contributed by atoms with Gasteiger partial charge in [0.25, 0.3) is 5.91 Å². The van der Waals surface area contributed by atoms with Gasteiger partial charge in [-0.2, -0.15) is 0 Å². The largest absolute Gasteiger partial charge is 0.311 e. The van der Waals surface area contributed by atoms with Crippen molar-refractivity contribution in [2.24, 2.45) is 0 Å². The quantitative estimate of drug-likeness (QED) is 0.332. The van der Waals surface area contributed by atoms with Crippen LogP contribution in [0, 0.1) is 6.92 Å². The van der Waals surface area contributed by atoms with Crippen LogP contribution in [0.4, 0.5) is 0 Å². The maximum absolute atomic E-state index is 13.8. The van der Waals surface area contributed by atoms with Crippen molar-refractivity contribution in [3.63, 3.8) is 0 Å². The lowest BCUT2D eigenvalue weighted by molar-refractivity contribution is 0.0708. The number of hydrogen-bond donors (Lipinski definition) is 0. The summed E-state index contributed by atoms with van der Waals surface area (Å²) < 4.78 is 0. The Hall–Kier alpha value is -3.30. The number of benzene rings is 4. The zero-order valence-corrected chi connectivity index (χ0v) is 18.9. The number of amides is 1. The lowest BCUT2D eigenvalue weighted by Gasteiger charge is -2.39. The third kappa shape index (κ3) is 3.63. The number of thioether (sulfide) groups is 1. The van der Waals surface area contributed by atoms with Gasteiger partial charge in [0.1, 0.15) is 4.87 Å². The number of nitrogens with zero attached hydrogens (tertiary/aromatic N) is 1. The molecule has 0 bridgehead atoms. The number of rotatable bonds is 6. The molecule has 3 heteroatoms. The fourth-order valence-electron chi connectivity index (χ4n) is 4.44. The second kappa shape index (κ2) is 8.68. The normalized spacial score (nSPS) is 17.4. The van der Waals surface area contributed by atoms with E-state index in [0.717, 1.165) is 28.0 Å². The molecule has 1 aliphatic heterocycles. The van der Waals surface area contributed by atoms with E-state index in [4.69, 9.17) is 0 Å². The van der Waals surface area contributed by atoms with E-state index in [1.165, 1.54) is 11.1 Å². The van der Waals surface area contributed by atoms with E-state index in [2.05, 4.69) is 78.6 Å². The van der Waals surface area contributed by atoms with Crippen molar-refractivity contribution in [1.82, 2.24) is 4.90 Å². The van der Waals surface area contributed by atoms with Crippen molar-refractivity contribution in [2.75, 3.05) is 0 Å². The first-order valence-corrected chi connectivity index (χ1v) is 11.9. The van der Waals surface area contributed by atoms with Gasteiger partial charge in [0.05, 0.1) is 0 Å². The molecule has 0 saturated heterocycles. The number of fused-ring (bicyclic) bond motifs is 1. The van der Waals surface area contributed by atoms with Crippen LogP contribution >= 0.6 is 11.8 Å². The highest BCUT2D eigenvalue weighted by Gasteiger charge is 2.51. The highest BCUT2D eigenvalue weighted by Crippen LogP contribution is 2.53. The topological polar surface area (TPSA) is 20.3 Å². The van der Waals surface area contributed by atoms with Gasteiger partial charge in [0, 0.05) is 23.4 Å². The third-order valence-corrected chi connectivity index (χ3v) is 7.64. The predicted molar refractivity (Wildman–Crippen MR) is 132 cm³/mol. The molecule has 0 aromatic heterocycles. The van der Waals surface area contributed by atoms with E-state index in [-0.39, 0.29) is 5.91 Å². The molecule has 0 saturated carbocycles. The standard InChI is InChI=1S/C29H25NOS/c1-22-16-18-25(19-17-22)29(32-21-24-12-6-3-7-13-24)27-15-9-8-14-26(27)28(31)30(29)20-23-10-4-2-5-11-23/h2-19H,20-21H2,1H3. The molecule has 1 atom stereocenters. The minimum Gasteiger partial charge on any atom is -0.311 e. The molecule has 1 aliphatic rings. The molecule has 32 heavy (non-hydrogen) atoms. The number of carbonyl (C=O) groups excluding carboxylic acids is 1. The van der Waals surface area contributed by atoms with Gasteiger partial charge in [0.2, 0.25) is 0 Å². The van der Waals surface area contributed by atoms with Gasteiger partial charge in [-0.15, -0.1) is 11.8 Å². The molecule has 1 amide bonds. The van der Waals surface area contributed by atoms with Gasteiger partial charge in [-0.3, -0.25) is 4.79 Å². The third-order valence-electron chi connectivity index (χ3n) is 6.06. The van der Waals surface area contributed by atoms with E-state index < -0.39 is 4.87 Å². The zero-order valence-electron chi connectivity index (χ0n) is 18.1. The smallest absolute Gasteiger partial charge is 0.256 e. The predicted octanol–water partition coefficient (Wildman–Crippen LogP) is 6.79. The zero-order chi connectivity index (χ0) is 22.0. The average Bonchev–Trinajstić information content (AvgIpc) is 3.08. The van der Waals surface area contributed by atoms with Gasteiger partial charge in [-0.05, 0) is 29.7 Å². The van der Waals surface area contributed by atoms with E-state index in [1.807, 2.05) is 54.2 Å². The molecule has 0 spiro atoms. The molecular weight excluding hydrogens is 410 g/mol. The Morgan fingerprint density at radius 1 is 0.719 bits per heavy atom. The second-order valence-corrected chi connectivity index (χ2v) is 9.37. The highest BCUT2D eigenvalue weighted by atomic mass is 32.2. The maximum Gasteiger partial charge on any atom is 0.256 e. The van der Waals surface area contributed by atoms with Crippen LogP contribution in [0.5, 0.6) is 0 Å². The molecule has 4 aromatic rings. The molecule has 0 N–H and O–H groups in total. The summed E-state index contributed by atoms with van der Waals surface area (Å²) in [5.41, 5.74) is 6.60. The molecule has 2 nitrogen and oxygen atoms in total. The van der Waals surface area contributed by atoms with E-state index in [9.17, 15) is 4.79 Å². The van der Waals surface area contributed by atoms with Crippen LogP contribution in [-0.2, 0) is 17.2 Å². The molecule has 1 unspecified atom stereocenters. The Balaban J connectivity index is 1.67. The summed E-state index contributed by atoms with van der Waals surface area (Å²) >= 11 is 1.82. The highest BCUT2D eigenvalue weighted by molar-refractivity contribution is 7.99. The van der Waals surface area contributed by atoms with E-state index >= 15 is 0 Å². The number of hydrogen-bond acceptors (Lipinski definition) is 2. The fourth-order valence-corrected chi connectivity index (χ4v) is 5.95. The summed E-state index contributed by atoms with van der Waals surface area (Å²) in [6.07, 6.45) is 0. The molecule has 1 heterocycles. The maximum atomic E-state index is 13.8. The van der Waals surface area contributed by atoms with E-state index in [0.29, 0.717) is 6.54 Å². The van der Waals surface area contributed by atoms with Crippen molar-refractivity contribution >= 4 is 17.7 Å². The van der Waals surface area contributed by atoms with Crippen LogP contribution in [-0.4, -0.2) is 10.8 Å². The van der Waals surface area contributed by atoms with Crippen LogP contribution in [0.3, 0.4) is 0 Å². The Kier molecular flexibility index (Phi) is 5.59. The molecular formula is C29H25NOS. The van der Waals surface area contributed by atoms with Crippen LogP contribution < -0.4 is 0 Å². The monoisotopic (exact) mass is 435 g/mol. The molecule has 4 aromatic carbocycles. The molecule has 158 valence electrons. The molecule has 5 rings (SSSR count). The van der Waals surface area contributed by atoms with Crippen LogP contribution in [0.25, 0.3) is 0 Å². The molecule has 0 aliphatic carbocycles. The van der Waals surface area contributed by atoms with Crippen molar-refractivity contribution in [2.45, 2.75) is 24.1 Å². The summed E-state index contributed by atoms with van der Waals surface area (Å²) in [6, 6.07) is 37.5. The Bertz CT molecular complexity index is 1220. The first kappa shape index (κ1) is 20.6. The Morgan fingerprint density at radius 3 is 2.00 bits per heavy atom. The Morgan fingerprint density at radius 2 is 1.31 bits per heavy atom. The van der Waals surface area contributed by atoms with Crippen molar-refractivity contribution in [3.8, 4) is 0 Å². The lowest BCUT2D eigenvalue weighted by atomic mass is 9.96. The first-order valence-electron chi connectivity index (χ1n) is 10.9. The lowest BCUT2D eigenvalue weighted by Crippen LogP contribution is -2.42. The van der Waals surface area contributed by atoms with Crippen molar-refractivity contribution in [3.05, 3.63) is 143 Å². The summed E-state index contributed by atoms with van der Waals surface area (Å²) in [5, 5.41) is 0. The minimum absolute atomic E-state index is 0.0885. The number of carbonyl (C=O) groups is 1. The van der Waals surface area contributed by atoms with Gasteiger partial charge in [-0.1, -0.05) is 109 Å². The summed E-state index contributed by atoms with van der Waals surface area (Å²) in [5.74, 6) is 0.896. The summed E-state index contributed by atoms with van der Waals surface area (Å²) in [7, 11) is 0. The average molecular weight is 436 g/mol. The van der Waals surface area contributed by atoms with Gasteiger partial charge in [0.15, 0.2) is 0 Å². The van der Waals surface area contributed by atoms with Crippen LogP contribution in [0.15, 0.2) is 109 Å². The second-order valence-electron chi connectivity index (χ2n) is 8.21. The fraction of sp³-hybridized carbons (Fsp3) is 0.138. The minimum atomic E-state index is -0.590. The van der Waals surface area contributed by atoms with Crippen molar-refractivity contribution < 1.29 is 4.79 Å². The SMILES string of the molecule is Cc1ccc(C2(SCc3ccccc3)c3ccccc3C(=O)N2Cc2ccccc2)cc1. The van der Waals surface area contributed by atoms with Crippen molar-refractivity contribution in [1.29, 1.82) is 0 Å².